The molecule has 7 nitrogen and oxygen atoms in total. The monoisotopic (exact) mass is 382 g/mol. The number of carbonyl (C=O) groups is 1. The molecule has 0 aliphatic rings. The lowest BCUT2D eigenvalue weighted by atomic mass is 10.2. The molecule has 4 aromatic rings. The maximum Gasteiger partial charge on any atom is 0.333 e. The Morgan fingerprint density at radius 3 is 2.68 bits per heavy atom. The first-order chi connectivity index (χ1) is 13.6. The van der Waals surface area contributed by atoms with Gasteiger partial charge in [-0.2, -0.15) is 13.9 Å². The molecule has 0 aliphatic carbocycles. The van der Waals surface area contributed by atoms with Gasteiger partial charge in [-0.15, -0.1) is 0 Å². The van der Waals surface area contributed by atoms with Crippen molar-refractivity contribution in [1.29, 1.82) is 0 Å². The Balaban J connectivity index is 1.61. The number of pyridine rings is 1. The molecule has 0 saturated heterocycles. The normalized spacial score (nSPS) is 11.2. The van der Waals surface area contributed by atoms with Crippen molar-refractivity contribution >= 4 is 22.9 Å². The second kappa shape index (κ2) is 7.55. The highest BCUT2D eigenvalue weighted by atomic mass is 19.3. The predicted octanol–water partition coefficient (Wildman–Crippen LogP) is 3.52. The summed E-state index contributed by atoms with van der Waals surface area (Å²) < 4.78 is 27.7. The van der Waals surface area contributed by atoms with Crippen LogP contribution < -0.4 is 5.32 Å². The van der Waals surface area contributed by atoms with E-state index in [9.17, 15) is 13.6 Å². The van der Waals surface area contributed by atoms with E-state index in [2.05, 4.69) is 20.4 Å². The first-order valence-electron chi connectivity index (χ1n) is 8.61. The van der Waals surface area contributed by atoms with Crippen LogP contribution in [0.1, 0.15) is 22.7 Å². The number of amides is 1. The summed E-state index contributed by atoms with van der Waals surface area (Å²) in [6, 6.07) is 14.4. The molecule has 3 aromatic heterocycles. The fraction of sp³-hybridized carbons (Fsp3) is 0.158. The zero-order valence-corrected chi connectivity index (χ0v) is 14.7. The van der Waals surface area contributed by atoms with Crippen LogP contribution in [0, 0.1) is 0 Å². The number of rotatable bonds is 6. The quantitative estimate of drug-likeness (QED) is 0.554. The number of hydrogen-bond donors (Lipinski definition) is 1. The van der Waals surface area contributed by atoms with E-state index in [0.717, 1.165) is 22.9 Å². The number of para-hydroxylation sites is 2. The second-order valence-electron chi connectivity index (χ2n) is 6.06. The fourth-order valence-corrected chi connectivity index (χ4v) is 2.90. The summed E-state index contributed by atoms with van der Waals surface area (Å²) in [5, 5.41) is 6.27. The van der Waals surface area contributed by atoms with Gasteiger partial charge in [-0.25, -0.2) is 9.67 Å². The minimum Gasteiger partial charge on any atom is -0.310 e. The van der Waals surface area contributed by atoms with Crippen molar-refractivity contribution in [1.82, 2.24) is 24.3 Å². The molecular formula is C19H16F2N6O. The summed E-state index contributed by atoms with van der Waals surface area (Å²) in [4.78, 5) is 21.2. The molecule has 0 unspecified atom stereocenters. The maximum atomic E-state index is 12.7. The molecule has 0 radical (unpaired) electrons. The molecule has 28 heavy (non-hydrogen) atoms. The molecule has 0 spiro atoms. The standard InChI is InChI=1S/C19H16F2N6O/c20-18(21)27-12-9-15(25-27)17(28)24-19-23-14-6-1-2-7-16(14)26(19)11-8-13-5-3-4-10-22-13/h1-7,9-10,12,18H,8,11H2,(H,23,24,28). The van der Waals surface area contributed by atoms with E-state index in [4.69, 9.17) is 0 Å². The molecule has 3 heterocycles. The molecular weight excluding hydrogens is 366 g/mol. The number of nitrogens with one attached hydrogen (secondary N) is 1. The number of nitrogens with zero attached hydrogens (tertiary/aromatic N) is 5. The Bertz CT molecular complexity index is 1110. The van der Waals surface area contributed by atoms with Crippen LogP contribution in [0.15, 0.2) is 60.9 Å². The number of carbonyl (C=O) groups excluding carboxylic acids is 1. The van der Waals surface area contributed by atoms with Gasteiger partial charge < -0.3 is 4.57 Å². The highest BCUT2D eigenvalue weighted by Crippen LogP contribution is 2.21. The van der Waals surface area contributed by atoms with Gasteiger partial charge in [0.2, 0.25) is 5.95 Å². The van der Waals surface area contributed by atoms with Crippen LogP contribution in [-0.2, 0) is 13.0 Å². The van der Waals surface area contributed by atoms with E-state index in [1.807, 2.05) is 47.0 Å². The van der Waals surface area contributed by atoms with Crippen LogP contribution in [0.3, 0.4) is 0 Å². The molecule has 0 atom stereocenters. The van der Waals surface area contributed by atoms with Crippen LogP contribution in [-0.4, -0.2) is 30.2 Å². The largest absolute Gasteiger partial charge is 0.333 e. The van der Waals surface area contributed by atoms with Crippen molar-refractivity contribution in [3.63, 3.8) is 0 Å². The highest BCUT2D eigenvalue weighted by molar-refractivity contribution is 6.02. The van der Waals surface area contributed by atoms with Gasteiger partial charge in [-0.3, -0.25) is 15.1 Å². The number of aryl methyl sites for hydroxylation is 2. The number of alkyl halides is 2. The van der Waals surface area contributed by atoms with Gasteiger partial charge in [0.25, 0.3) is 5.91 Å². The van der Waals surface area contributed by atoms with Crippen molar-refractivity contribution in [2.75, 3.05) is 5.32 Å². The first kappa shape index (κ1) is 17.8. The summed E-state index contributed by atoms with van der Waals surface area (Å²) in [6.07, 6.45) is 3.43. The summed E-state index contributed by atoms with van der Waals surface area (Å²) in [7, 11) is 0. The van der Waals surface area contributed by atoms with Crippen molar-refractivity contribution in [3.05, 3.63) is 72.3 Å². The molecule has 142 valence electrons. The molecule has 0 bridgehead atoms. The minimum absolute atomic E-state index is 0.108. The molecule has 1 aromatic carbocycles. The number of fused-ring (bicyclic) bond motifs is 1. The number of aromatic nitrogens is 5. The zero-order chi connectivity index (χ0) is 19.5. The molecule has 0 aliphatic heterocycles. The predicted molar refractivity (Wildman–Crippen MR) is 99.1 cm³/mol. The molecule has 1 amide bonds. The minimum atomic E-state index is -2.80. The summed E-state index contributed by atoms with van der Waals surface area (Å²) in [5.74, 6) is -0.275. The smallest absolute Gasteiger partial charge is 0.310 e. The Hall–Kier alpha value is -3.62. The summed E-state index contributed by atoms with van der Waals surface area (Å²) in [6.45, 7) is -2.26. The van der Waals surface area contributed by atoms with E-state index >= 15 is 0 Å². The Kier molecular flexibility index (Phi) is 4.79. The lowest BCUT2D eigenvalue weighted by Crippen LogP contribution is -2.17. The lowest BCUT2D eigenvalue weighted by molar-refractivity contribution is 0.0561. The van der Waals surface area contributed by atoms with Crippen LogP contribution in [0.5, 0.6) is 0 Å². The van der Waals surface area contributed by atoms with Gasteiger partial charge in [-0.05, 0) is 30.3 Å². The molecule has 0 saturated carbocycles. The van der Waals surface area contributed by atoms with E-state index in [0.29, 0.717) is 23.6 Å². The summed E-state index contributed by atoms with van der Waals surface area (Å²) in [5.41, 5.74) is 2.38. The number of benzene rings is 1. The van der Waals surface area contributed by atoms with Gasteiger partial charge in [0, 0.05) is 31.1 Å². The van der Waals surface area contributed by atoms with E-state index in [1.165, 1.54) is 6.07 Å². The zero-order valence-electron chi connectivity index (χ0n) is 14.7. The van der Waals surface area contributed by atoms with Crippen LogP contribution in [0.4, 0.5) is 14.7 Å². The Morgan fingerprint density at radius 2 is 1.93 bits per heavy atom. The third kappa shape index (κ3) is 3.59. The average Bonchev–Trinajstić information content (AvgIpc) is 3.32. The van der Waals surface area contributed by atoms with E-state index < -0.39 is 12.5 Å². The number of hydrogen-bond acceptors (Lipinski definition) is 4. The van der Waals surface area contributed by atoms with E-state index in [-0.39, 0.29) is 5.69 Å². The van der Waals surface area contributed by atoms with Gasteiger partial charge in [0.1, 0.15) is 0 Å². The Morgan fingerprint density at radius 1 is 1.11 bits per heavy atom. The molecule has 0 fully saturated rings. The molecule has 4 rings (SSSR count). The van der Waals surface area contributed by atoms with E-state index in [1.54, 1.807) is 6.20 Å². The lowest BCUT2D eigenvalue weighted by Gasteiger charge is -2.09. The van der Waals surface area contributed by atoms with Crippen molar-refractivity contribution in [2.45, 2.75) is 19.5 Å². The second-order valence-corrected chi connectivity index (χ2v) is 6.06. The van der Waals surface area contributed by atoms with Gasteiger partial charge in [0.15, 0.2) is 5.69 Å². The third-order valence-corrected chi connectivity index (χ3v) is 4.24. The topological polar surface area (TPSA) is 77.6 Å². The fourth-order valence-electron chi connectivity index (χ4n) is 2.90. The third-order valence-electron chi connectivity index (χ3n) is 4.24. The van der Waals surface area contributed by atoms with Gasteiger partial charge in [0.05, 0.1) is 11.0 Å². The van der Waals surface area contributed by atoms with Gasteiger partial charge >= 0.3 is 6.55 Å². The highest BCUT2D eigenvalue weighted by Gasteiger charge is 2.17. The first-order valence-corrected chi connectivity index (χ1v) is 8.61. The summed E-state index contributed by atoms with van der Waals surface area (Å²) >= 11 is 0. The van der Waals surface area contributed by atoms with Crippen molar-refractivity contribution < 1.29 is 13.6 Å². The van der Waals surface area contributed by atoms with Crippen molar-refractivity contribution in [3.8, 4) is 0 Å². The molecule has 9 heteroatoms. The van der Waals surface area contributed by atoms with Crippen LogP contribution in [0.25, 0.3) is 11.0 Å². The molecule has 1 N–H and O–H groups in total. The number of halogens is 2. The maximum absolute atomic E-state index is 12.7. The number of anilines is 1. The SMILES string of the molecule is O=C(Nc1nc2ccccc2n1CCc1ccccn1)c1ccn(C(F)F)n1. The number of imidazole rings is 1. The van der Waals surface area contributed by atoms with Crippen LogP contribution >= 0.6 is 0 Å². The van der Waals surface area contributed by atoms with Gasteiger partial charge in [-0.1, -0.05) is 18.2 Å². The van der Waals surface area contributed by atoms with Crippen molar-refractivity contribution in [2.24, 2.45) is 0 Å². The average molecular weight is 382 g/mol. The Labute approximate surface area is 158 Å². The van der Waals surface area contributed by atoms with Crippen LogP contribution in [0.2, 0.25) is 0 Å².